The maximum absolute atomic E-state index is 13.8. The summed E-state index contributed by atoms with van der Waals surface area (Å²) in [6.07, 6.45) is 1.81. The normalized spacial score (nSPS) is 15.2. The van der Waals surface area contributed by atoms with Gasteiger partial charge in [-0.3, -0.25) is 9.36 Å². The van der Waals surface area contributed by atoms with Crippen molar-refractivity contribution in [3.05, 3.63) is 132 Å². The average Bonchev–Trinajstić information content (AvgIpc) is 3.22. The topological polar surface area (TPSA) is 69.9 Å². The zero-order valence-electron chi connectivity index (χ0n) is 20.2. The summed E-state index contributed by atoms with van der Waals surface area (Å²) >= 11 is 7.37. The van der Waals surface area contributed by atoms with Crippen LogP contribution in [0.4, 0.5) is 0 Å². The van der Waals surface area contributed by atoms with Gasteiger partial charge < -0.3 is 9.47 Å². The minimum absolute atomic E-state index is 0.254. The Kier molecular flexibility index (Phi) is 7.08. The first kappa shape index (κ1) is 24.7. The first-order chi connectivity index (χ1) is 18.0. The largest absolute Gasteiger partial charge is 0.488 e. The highest BCUT2D eigenvalue weighted by molar-refractivity contribution is 7.07. The van der Waals surface area contributed by atoms with Gasteiger partial charge >= 0.3 is 5.97 Å². The van der Waals surface area contributed by atoms with Crippen LogP contribution in [0.2, 0.25) is 5.02 Å². The highest BCUT2D eigenvalue weighted by atomic mass is 35.5. The summed E-state index contributed by atoms with van der Waals surface area (Å²) in [5.41, 5.74) is 3.12. The van der Waals surface area contributed by atoms with E-state index in [2.05, 4.69) is 4.99 Å². The second kappa shape index (κ2) is 10.6. The molecule has 0 saturated carbocycles. The molecule has 0 aliphatic carbocycles. The van der Waals surface area contributed by atoms with Crippen LogP contribution < -0.4 is 19.6 Å². The molecule has 186 valence electrons. The van der Waals surface area contributed by atoms with Gasteiger partial charge in [0.15, 0.2) is 4.80 Å². The van der Waals surface area contributed by atoms with E-state index in [0.29, 0.717) is 38.0 Å². The monoisotopic (exact) mass is 530 g/mol. The van der Waals surface area contributed by atoms with Gasteiger partial charge in [-0.1, -0.05) is 83.6 Å². The Balaban J connectivity index is 1.61. The summed E-state index contributed by atoms with van der Waals surface area (Å²) in [4.78, 5) is 31.6. The van der Waals surface area contributed by atoms with E-state index in [1.165, 1.54) is 18.4 Å². The van der Waals surface area contributed by atoms with E-state index in [1.807, 2.05) is 54.6 Å². The fraction of sp³-hybridized carbons (Fsp3) is 0.138. The highest BCUT2D eigenvalue weighted by Gasteiger charge is 2.33. The van der Waals surface area contributed by atoms with E-state index in [9.17, 15) is 9.59 Å². The second-order valence-electron chi connectivity index (χ2n) is 8.44. The molecule has 6 nitrogen and oxygen atoms in total. The van der Waals surface area contributed by atoms with Crippen LogP contribution in [-0.2, 0) is 16.1 Å². The number of benzene rings is 3. The average molecular weight is 531 g/mol. The van der Waals surface area contributed by atoms with Crippen molar-refractivity contribution >= 4 is 35.0 Å². The predicted molar refractivity (Wildman–Crippen MR) is 144 cm³/mol. The summed E-state index contributed by atoms with van der Waals surface area (Å²) in [5.74, 6) is 0.132. The van der Waals surface area contributed by atoms with Gasteiger partial charge in [0.25, 0.3) is 5.56 Å². The fourth-order valence-corrected chi connectivity index (χ4v) is 5.42. The van der Waals surface area contributed by atoms with Gasteiger partial charge in [-0.25, -0.2) is 9.79 Å². The molecule has 0 spiro atoms. The Bertz CT molecular complexity index is 1670. The summed E-state index contributed by atoms with van der Waals surface area (Å²) in [6.45, 7) is 2.16. The number of nitrogens with zero attached hydrogens (tertiary/aromatic N) is 2. The predicted octanol–water partition coefficient (Wildman–Crippen LogP) is 4.64. The number of halogens is 1. The van der Waals surface area contributed by atoms with Crippen LogP contribution in [-0.4, -0.2) is 17.6 Å². The lowest BCUT2D eigenvalue weighted by atomic mass is 9.96. The number of allylic oxidation sites excluding steroid dienone is 1. The molecule has 2 heterocycles. The molecule has 1 aliphatic heterocycles. The van der Waals surface area contributed by atoms with Gasteiger partial charge in [-0.2, -0.15) is 0 Å². The van der Waals surface area contributed by atoms with Crippen molar-refractivity contribution in [1.29, 1.82) is 0 Å². The van der Waals surface area contributed by atoms with E-state index < -0.39 is 12.0 Å². The lowest BCUT2D eigenvalue weighted by molar-refractivity contribution is -0.136. The standard InChI is InChI=1S/C29H23ClN2O4S/c1-18-25(28(34)35-2)26(20-12-14-22(30)15-13-20)32-27(33)24(37-29(32)31-18)16-21-10-6-7-11-23(21)36-17-19-8-4-3-5-9-19/h3-16,26H,17H2,1-2H3/b24-16-/t26-/m1/s1. The van der Waals surface area contributed by atoms with Gasteiger partial charge in [0.2, 0.25) is 0 Å². The third-order valence-corrected chi connectivity index (χ3v) is 7.29. The molecule has 0 saturated heterocycles. The SMILES string of the molecule is COC(=O)C1=C(C)N=c2s/c(=C\c3ccccc3OCc3ccccc3)c(=O)n2[C@@H]1c1ccc(Cl)cc1. The minimum atomic E-state index is -0.687. The smallest absolute Gasteiger partial charge is 0.338 e. The van der Waals surface area contributed by atoms with Crippen molar-refractivity contribution in [1.82, 2.24) is 4.57 Å². The molecule has 1 aromatic heterocycles. The zero-order chi connectivity index (χ0) is 25.9. The van der Waals surface area contributed by atoms with Gasteiger partial charge in [0.05, 0.1) is 29.0 Å². The molecule has 1 atom stereocenters. The summed E-state index contributed by atoms with van der Waals surface area (Å²) in [7, 11) is 1.32. The lowest BCUT2D eigenvalue weighted by Gasteiger charge is -2.24. The van der Waals surface area contributed by atoms with Crippen LogP contribution in [0.1, 0.15) is 29.7 Å². The van der Waals surface area contributed by atoms with E-state index in [4.69, 9.17) is 21.1 Å². The molecule has 8 heteroatoms. The van der Waals surface area contributed by atoms with Crippen molar-refractivity contribution < 1.29 is 14.3 Å². The van der Waals surface area contributed by atoms with Crippen molar-refractivity contribution in [2.24, 2.45) is 4.99 Å². The third-order valence-electron chi connectivity index (χ3n) is 6.06. The summed E-state index contributed by atoms with van der Waals surface area (Å²) in [5, 5.41) is 0.559. The quantitative estimate of drug-likeness (QED) is 0.341. The highest BCUT2D eigenvalue weighted by Crippen LogP contribution is 2.31. The molecule has 4 aromatic rings. The Morgan fingerprint density at radius 1 is 1.05 bits per heavy atom. The number of thiazole rings is 1. The first-order valence-electron chi connectivity index (χ1n) is 11.6. The molecule has 0 radical (unpaired) electrons. The van der Waals surface area contributed by atoms with Crippen LogP contribution >= 0.6 is 22.9 Å². The number of hydrogen-bond acceptors (Lipinski definition) is 6. The van der Waals surface area contributed by atoms with Gasteiger partial charge in [0, 0.05) is 10.6 Å². The number of carbonyl (C=O) groups excluding carboxylic acids is 1. The van der Waals surface area contributed by atoms with Crippen molar-refractivity contribution in [2.45, 2.75) is 19.6 Å². The van der Waals surface area contributed by atoms with Crippen LogP contribution in [0.3, 0.4) is 0 Å². The number of esters is 1. The molecule has 0 fully saturated rings. The molecular weight excluding hydrogens is 508 g/mol. The van der Waals surface area contributed by atoms with Crippen LogP contribution in [0.5, 0.6) is 5.75 Å². The number of ether oxygens (including phenoxy) is 2. The van der Waals surface area contributed by atoms with Crippen molar-refractivity contribution in [2.75, 3.05) is 7.11 Å². The van der Waals surface area contributed by atoms with Crippen LogP contribution in [0.15, 0.2) is 99.9 Å². The van der Waals surface area contributed by atoms with Gasteiger partial charge in [-0.15, -0.1) is 0 Å². The Morgan fingerprint density at radius 3 is 2.49 bits per heavy atom. The number of carbonyl (C=O) groups is 1. The number of rotatable bonds is 6. The lowest BCUT2D eigenvalue weighted by Crippen LogP contribution is -2.39. The third kappa shape index (κ3) is 5.01. The Labute approximate surface area is 222 Å². The van der Waals surface area contributed by atoms with Crippen LogP contribution in [0.25, 0.3) is 6.08 Å². The molecule has 0 unspecified atom stereocenters. The number of fused-ring (bicyclic) bond motifs is 1. The van der Waals surface area contributed by atoms with Crippen LogP contribution in [0, 0.1) is 0 Å². The number of methoxy groups -OCH3 is 1. The van der Waals surface area contributed by atoms with Crippen molar-refractivity contribution in [3.8, 4) is 5.75 Å². The van der Waals surface area contributed by atoms with Crippen molar-refractivity contribution in [3.63, 3.8) is 0 Å². The number of aromatic nitrogens is 1. The Hall–Kier alpha value is -3.94. The summed E-state index contributed by atoms with van der Waals surface area (Å²) < 4.78 is 13.2. The molecule has 0 N–H and O–H groups in total. The maximum Gasteiger partial charge on any atom is 0.338 e. The number of hydrogen-bond donors (Lipinski definition) is 0. The number of para-hydroxylation sites is 1. The Morgan fingerprint density at radius 2 is 1.76 bits per heavy atom. The molecule has 1 aliphatic rings. The van der Waals surface area contributed by atoms with E-state index >= 15 is 0 Å². The molecule has 37 heavy (non-hydrogen) atoms. The molecule has 0 bridgehead atoms. The first-order valence-corrected chi connectivity index (χ1v) is 12.8. The van der Waals surface area contributed by atoms with Gasteiger partial charge in [0.1, 0.15) is 12.4 Å². The fourth-order valence-electron chi connectivity index (χ4n) is 4.26. The van der Waals surface area contributed by atoms with Gasteiger partial charge in [-0.05, 0) is 42.3 Å². The second-order valence-corrected chi connectivity index (χ2v) is 9.88. The molecular formula is C29H23ClN2O4S. The molecule has 5 rings (SSSR count). The van der Waals surface area contributed by atoms with E-state index in [0.717, 1.165) is 16.7 Å². The summed E-state index contributed by atoms with van der Waals surface area (Å²) in [6, 6.07) is 23.8. The maximum atomic E-state index is 13.8. The minimum Gasteiger partial charge on any atom is -0.488 e. The molecule has 3 aromatic carbocycles. The zero-order valence-corrected chi connectivity index (χ0v) is 21.8. The molecule has 0 amide bonds. The van der Waals surface area contributed by atoms with E-state index in [1.54, 1.807) is 41.8 Å². The van der Waals surface area contributed by atoms with E-state index in [-0.39, 0.29) is 5.56 Å².